The molecule has 10 aromatic carbocycles. The van der Waals surface area contributed by atoms with Crippen LogP contribution in [0.2, 0.25) is 0 Å². The molecule has 1 heterocycles. The first-order valence-electron chi connectivity index (χ1n) is 19.9. The number of benzene rings is 10. The van der Waals surface area contributed by atoms with E-state index < -0.39 is 0 Å². The minimum Gasteiger partial charge on any atom is -0.310 e. The monoisotopic (exact) mass is 738 g/mol. The zero-order valence-corrected chi connectivity index (χ0v) is 31.8. The van der Waals surface area contributed by atoms with E-state index in [0.717, 1.165) is 28.3 Å². The molecular weight excluding hydrogens is 701 g/mol. The topological polar surface area (TPSA) is 8.17 Å². The highest BCUT2D eigenvalue weighted by molar-refractivity contribution is 6.22. The van der Waals surface area contributed by atoms with Gasteiger partial charge < -0.3 is 9.47 Å². The summed E-state index contributed by atoms with van der Waals surface area (Å²) < 4.78 is 2.40. The molecule has 0 radical (unpaired) electrons. The van der Waals surface area contributed by atoms with Crippen molar-refractivity contribution >= 4 is 60.4 Å². The standard InChI is InChI=1S/C56H38N2/c1-5-18-39(19-6-1)42-24-17-27-44(36-42)57(46-33-35-50-49-29-15-16-31-53(49)58(54(50)38-46)43-25-11-4-12-26-43)45-32-34-48-47-28-13-14-30-51(47)55(40-20-7-2-8-21-40)56(52(48)37-45)41-22-9-3-10-23-41/h1-38H. The van der Waals surface area contributed by atoms with E-state index >= 15 is 0 Å². The Morgan fingerprint density at radius 2 is 0.724 bits per heavy atom. The van der Waals surface area contributed by atoms with Crippen LogP contribution in [0.5, 0.6) is 0 Å². The molecular formula is C56H38N2. The zero-order valence-electron chi connectivity index (χ0n) is 31.8. The highest BCUT2D eigenvalue weighted by atomic mass is 15.1. The van der Waals surface area contributed by atoms with Crippen LogP contribution >= 0.6 is 0 Å². The SMILES string of the molecule is c1ccc(-c2cccc(N(c3ccc4c(c3)c(-c3ccccc3)c(-c3ccccc3)c3ccccc34)c3ccc4c5ccccc5n(-c5ccccc5)c4c3)c2)cc1. The lowest BCUT2D eigenvalue weighted by Crippen LogP contribution is -2.10. The van der Waals surface area contributed by atoms with Gasteiger partial charge in [0.25, 0.3) is 0 Å². The lowest BCUT2D eigenvalue weighted by Gasteiger charge is -2.27. The van der Waals surface area contributed by atoms with Gasteiger partial charge >= 0.3 is 0 Å². The number of aromatic nitrogens is 1. The molecule has 0 bridgehead atoms. The molecule has 0 fully saturated rings. The van der Waals surface area contributed by atoms with E-state index in [-0.39, 0.29) is 0 Å². The van der Waals surface area contributed by atoms with Gasteiger partial charge in [0.2, 0.25) is 0 Å². The lowest BCUT2D eigenvalue weighted by molar-refractivity contribution is 1.18. The van der Waals surface area contributed by atoms with E-state index in [1.54, 1.807) is 0 Å². The fraction of sp³-hybridized carbons (Fsp3) is 0. The number of hydrogen-bond donors (Lipinski definition) is 0. The summed E-state index contributed by atoms with van der Waals surface area (Å²) in [5.74, 6) is 0. The van der Waals surface area contributed by atoms with Gasteiger partial charge in [-0.3, -0.25) is 0 Å². The zero-order chi connectivity index (χ0) is 38.4. The third kappa shape index (κ3) is 5.66. The van der Waals surface area contributed by atoms with E-state index in [9.17, 15) is 0 Å². The number of fused-ring (bicyclic) bond motifs is 6. The summed E-state index contributed by atoms with van der Waals surface area (Å²) in [6.45, 7) is 0. The second-order valence-electron chi connectivity index (χ2n) is 14.9. The van der Waals surface area contributed by atoms with Crippen molar-refractivity contribution in [1.82, 2.24) is 4.57 Å². The van der Waals surface area contributed by atoms with Crippen LogP contribution in [0, 0.1) is 0 Å². The Labute approximate surface area is 338 Å². The van der Waals surface area contributed by atoms with Crippen molar-refractivity contribution in [2.75, 3.05) is 4.90 Å². The second-order valence-corrected chi connectivity index (χ2v) is 14.9. The Morgan fingerprint density at radius 1 is 0.259 bits per heavy atom. The van der Waals surface area contributed by atoms with Crippen LogP contribution in [0.25, 0.3) is 82.4 Å². The molecule has 0 atom stereocenters. The second kappa shape index (κ2) is 14.1. The van der Waals surface area contributed by atoms with Gasteiger partial charge in [0.05, 0.1) is 11.0 Å². The van der Waals surface area contributed by atoms with Gasteiger partial charge in [-0.15, -0.1) is 0 Å². The number of hydrogen-bond acceptors (Lipinski definition) is 1. The van der Waals surface area contributed by atoms with E-state index in [2.05, 4.69) is 240 Å². The molecule has 0 aliphatic rings. The largest absolute Gasteiger partial charge is 0.310 e. The minimum absolute atomic E-state index is 1.09. The van der Waals surface area contributed by atoms with Gasteiger partial charge in [0.1, 0.15) is 0 Å². The molecule has 2 nitrogen and oxygen atoms in total. The molecule has 58 heavy (non-hydrogen) atoms. The maximum absolute atomic E-state index is 2.43. The van der Waals surface area contributed by atoms with E-state index in [1.165, 1.54) is 71.2 Å². The van der Waals surface area contributed by atoms with E-state index in [4.69, 9.17) is 0 Å². The van der Waals surface area contributed by atoms with Crippen molar-refractivity contribution in [3.8, 4) is 39.1 Å². The molecule has 1 aromatic heterocycles. The maximum Gasteiger partial charge on any atom is 0.0561 e. The van der Waals surface area contributed by atoms with E-state index in [0.29, 0.717) is 0 Å². The third-order valence-corrected chi connectivity index (χ3v) is 11.5. The van der Waals surface area contributed by atoms with Crippen LogP contribution in [0.15, 0.2) is 231 Å². The normalized spacial score (nSPS) is 11.4. The van der Waals surface area contributed by atoms with Crippen molar-refractivity contribution in [3.05, 3.63) is 231 Å². The first-order valence-corrected chi connectivity index (χ1v) is 19.9. The molecule has 0 N–H and O–H groups in total. The quantitative estimate of drug-likeness (QED) is 0.148. The van der Waals surface area contributed by atoms with Gasteiger partial charge in [0.15, 0.2) is 0 Å². The van der Waals surface area contributed by atoms with Gasteiger partial charge in [-0.1, -0.05) is 176 Å². The third-order valence-electron chi connectivity index (χ3n) is 11.5. The Hall–Kier alpha value is -7.68. The maximum atomic E-state index is 2.43. The van der Waals surface area contributed by atoms with Crippen LogP contribution in [0.4, 0.5) is 17.1 Å². The summed E-state index contributed by atoms with van der Waals surface area (Å²) in [6, 6.07) is 83.8. The van der Waals surface area contributed by atoms with Crippen LogP contribution in [0.3, 0.4) is 0 Å². The van der Waals surface area contributed by atoms with Gasteiger partial charge in [0, 0.05) is 33.5 Å². The summed E-state index contributed by atoms with van der Waals surface area (Å²) >= 11 is 0. The number of anilines is 3. The van der Waals surface area contributed by atoms with Crippen LogP contribution in [0.1, 0.15) is 0 Å². The molecule has 0 aliphatic carbocycles. The molecule has 2 heteroatoms. The summed E-state index contributed by atoms with van der Waals surface area (Å²) in [6.07, 6.45) is 0. The smallest absolute Gasteiger partial charge is 0.0561 e. The average Bonchev–Trinajstić information content (AvgIpc) is 3.63. The lowest BCUT2D eigenvalue weighted by atomic mass is 9.85. The van der Waals surface area contributed by atoms with Crippen molar-refractivity contribution < 1.29 is 0 Å². The van der Waals surface area contributed by atoms with Crippen molar-refractivity contribution in [1.29, 1.82) is 0 Å². The number of rotatable bonds is 7. The molecule has 11 rings (SSSR count). The van der Waals surface area contributed by atoms with Gasteiger partial charge in [-0.25, -0.2) is 0 Å². The first-order chi connectivity index (χ1) is 28.8. The Bertz CT molecular complexity index is 3260. The molecule has 0 saturated carbocycles. The Balaban J connectivity index is 1.22. The fourth-order valence-corrected chi connectivity index (χ4v) is 8.98. The Morgan fingerprint density at radius 3 is 1.41 bits per heavy atom. The minimum atomic E-state index is 1.09. The average molecular weight is 739 g/mol. The van der Waals surface area contributed by atoms with Crippen molar-refractivity contribution in [3.63, 3.8) is 0 Å². The summed E-state index contributed by atoms with van der Waals surface area (Å²) in [5.41, 5.74) is 14.0. The van der Waals surface area contributed by atoms with Crippen LogP contribution < -0.4 is 4.90 Å². The van der Waals surface area contributed by atoms with E-state index in [1.807, 2.05) is 0 Å². The highest BCUT2D eigenvalue weighted by Crippen LogP contribution is 2.47. The van der Waals surface area contributed by atoms with Crippen molar-refractivity contribution in [2.45, 2.75) is 0 Å². The number of para-hydroxylation sites is 2. The number of nitrogens with zero attached hydrogens (tertiary/aromatic N) is 2. The molecule has 0 saturated heterocycles. The highest BCUT2D eigenvalue weighted by Gasteiger charge is 2.22. The fourth-order valence-electron chi connectivity index (χ4n) is 8.98. The first kappa shape index (κ1) is 33.6. The summed E-state index contributed by atoms with van der Waals surface area (Å²) in [7, 11) is 0. The van der Waals surface area contributed by atoms with Gasteiger partial charge in [-0.05, 0) is 110 Å². The molecule has 0 spiro atoms. The molecule has 11 aromatic rings. The molecule has 0 unspecified atom stereocenters. The van der Waals surface area contributed by atoms with Gasteiger partial charge in [-0.2, -0.15) is 0 Å². The molecule has 0 amide bonds. The van der Waals surface area contributed by atoms with Crippen LogP contribution in [-0.4, -0.2) is 4.57 Å². The molecule has 0 aliphatic heterocycles. The summed E-state index contributed by atoms with van der Waals surface area (Å²) in [4.78, 5) is 2.43. The predicted octanol–water partition coefficient (Wildman–Crippen LogP) is 15.6. The molecule has 272 valence electrons. The summed E-state index contributed by atoms with van der Waals surface area (Å²) in [5, 5.41) is 7.41. The van der Waals surface area contributed by atoms with Crippen LogP contribution in [-0.2, 0) is 0 Å². The Kier molecular flexibility index (Phi) is 8.19. The predicted molar refractivity (Wildman–Crippen MR) is 247 cm³/mol. The van der Waals surface area contributed by atoms with Crippen molar-refractivity contribution in [2.24, 2.45) is 0 Å².